The first-order valence-electron chi connectivity index (χ1n) is 8.56. The van der Waals surface area contributed by atoms with Crippen molar-refractivity contribution in [2.75, 3.05) is 18.8 Å². The van der Waals surface area contributed by atoms with E-state index in [1.165, 1.54) is 17.8 Å². The van der Waals surface area contributed by atoms with E-state index in [-0.39, 0.29) is 30.6 Å². The van der Waals surface area contributed by atoms with Gasteiger partial charge in [-0.05, 0) is 23.3 Å². The molecule has 7 heteroatoms. The average Bonchev–Trinajstić information content (AvgIpc) is 2.66. The Morgan fingerprint density at radius 2 is 1.85 bits per heavy atom. The number of fused-ring (bicyclic) bond motifs is 1. The lowest BCUT2D eigenvalue weighted by molar-refractivity contribution is -0.133. The lowest BCUT2D eigenvalue weighted by atomic mass is 9.98. The second-order valence-electron chi connectivity index (χ2n) is 6.11. The SMILES string of the molecule is O=C(CN1C(=O)Cc2ccccc2C1=O)NCCSCc1ccccc1F. The molecule has 0 saturated carbocycles. The van der Waals surface area contributed by atoms with Gasteiger partial charge in [-0.3, -0.25) is 19.3 Å². The molecule has 2 aromatic rings. The van der Waals surface area contributed by atoms with Crippen LogP contribution >= 0.6 is 11.8 Å². The van der Waals surface area contributed by atoms with Crippen LogP contribution in [0, 0.1) is 5.82 Å². The summed E-state index contributed by atoms with van der Waals surface area (Å²) < 4.78 is 13.5. The van der Waals surface area contributed by atoms with E-state index in [2.05, 4.69) is 5.32 Å². The molecule has 0 atom stereocenters. The van der Waals surface area contributed by atoms with Crippen LogP contribution in [0.4, 0.5) is 4.39 Å². The highest BCUT2D eigenvalue weighted by Gasteiger charge is 2.31. The molecule has 0 saturated heterocycles. The number of thioether (sulfide) groups is 1. The fraction of sp³-hybridized carbons (Fsp3) is 0.250. The molecule has 1 heterocycles. The maximum Gasteiger partial charge on any atom is 0.261 e. The zero-order valence-electron chi connectivity index (χ0n) is 14.6. The van der Waals surface area contributed by atoms with Crippen LogP contribution in [-0.2, 0) is 21.8 Å². The number of benzene rings is 2. The summed E-state index contributed by atoms with van der Waals surface area (Å²) in [5.41, 5.74) is 1.77. The molecule has 3 amide bonds. The van der Waals surface area contributed by atoms with Crippen molar-refractivity contribution >= 4 is 29.5 Å². The van der Waals surface area contributed by atoms with E-state index in [1.54, 1.807) is 42.5 Å². The number of imide groups is 1. The minimum absolute atomic E-state index is 0.119. The number of carbonyl (C=O) groups excluding carboxylic acids is 3. The molecule has 0 aliphatic carbocycles. The van der Waals surface area contributed by atoms with Gasteiger partial charge < -0.3 is 5.32 Å². The Morgan fingerprint density at radius 3 is 2.67 bits per heavy atom. The first kappa shape index (κ1) is 19.1. The van der Waals surface area contributed by atoms with Crippen LogP contribution in [0.15, 0.2) is 48.5 Å². The topological polar surface area (TPSA) is 66.5 Å². The van der Waals surface area contributed by atoms with Crippen molar-refractivity contribution < 1.29 is 18.8 Å². The number of hydrogen-bond acceptors (Lipinski definition) is 4. The zero-order chi connectivity index (χ0) is 19.2. The lowest BCUT2D eigenvalue weighted by Gasteiger charge is -2.26. The molecule has 1 N–H and O–H groups in total. The summed E-state index contributed by atoms with van der Waals surface area (Å²) in [4.78, 5) is 37.6. The second kappa shape index (κ2) is 8.81. The van der Waals surface area contributed by atoms with Crippen molar-refractivity contribution in [3.8, 4) is 0 Å². The van der Waals surface area contributed by atoms with Gasteiger partial charge >= 0.3 is 0 Å². The summed E-state index contributed by atoms with van der Waals surface area (Å²) in [6.45, 7) is 0.0920. The molecule has 0 radical (unpaired) electrons. The van der Waals surface area contributed by atoms with E-state index < -0.39 is 5.91 Å². The summed E-state index contributed by atoms with van der Waals surface area (Å²) in [7, 11) is 0. The first-order chi connectivity index (χ1) is 13.1. The van der Waals surface area contributed by atoms with Crippen molar-refractivity contribution in [2.24, 2.45) is 0 Å². The van der Waals surface area contributed by atoms with Gasteiger partial charge in [0.2, 0.25) is 11.8 Å². The van der Waals surface area contributed by atoms with Crippen LogP contribution in [0.1, 0.15) is 21.5 Å². The molecular formula is C20H19FN2O3S. The third-order valence-corrected chi connectivity index (χ3v) is 5.23. The van der Waals surface area contributed by atoms with E-state index in [9.17, 15) is 18.8 Å². The largest absolute Gasteiger partial charge is 0.354 e. The quantitative estimate of drug-likeness (QED) is 0.586. The van der Waals surface area contributed by atoms with Gasteiger partial charge in [-0.15, -0.1) is 0 Å². The molecule has 27 heavy (non-hydrogen) atoms. The lowest BCUT2D eigenvalue weighted by Crippen LogP contribution is -2.47. The van der Waals surface area contributed by atoms with E-state index in [0.717, 1.165) is 4.90 Å². The van der Waals surface area contributed by atoms with Gasteiger partial charge in [0.25, 0.3) is 5.91 Å². The number of amides is 3. The molecule has 1 aliphatic heterocycles. The molecule has 0 aromatic heterocycles. The van der Waals surface area contributed by atoms with Crippen molar-refractivity contribution in [3.05, 3.63) is 71.0 Å². The van der Waals surface area contributed by atoms with Gasteiger partial charge in [-0.2, -0.15) is 11.8 Å². The van der Waals surface area contributed by atoms with Crippen LogP contribution in [0.25, 0.3) is 0 Å². The third kappa shape index (κ3) is 4.74. The molecule has 1 aliphatic rings. The predicted molar refractivity (Wildman–Crippen MR) is 102 cm³/mol. The van der Waals surface area contributed by atoms with E-state index in [4.69, 9.17) is 0 Å². The maximum atomic E-state index is 13.5. The fourth-order valence-electron chi connectivity index (χ4n) is 2.82. The third-order valence-electron chi connectivity index (χ3n) is 4.22. The minimum atomic E-state index is -0.439. The van der Waals surface area contributed by atoms with E-state index in [1.807, 2.05) is 0 Å². The molecule has 0 bridgehead atoms. The Morgan fingerprint density at radius 1 is 1.11 bits per heavy atom. The monoisotopic (exact) mass is 386 g/mol. The molecule has 0 fully saturated rings. The number of rotatable bonds is 7. The standard InChI is InChI=1S/C20H19FN2O3S/c21-17-8-4-2-6-15(17)13-27-10-9-22-18(24)12-23-19(25)11-14-5-1-3-7-16(14)20(23)26/h1-8H,9-13H2,(H,22,24). The molecule has 0 spiro atoms. The van der Waals surface area contributed by atoms with E-state index >= 15 is 0 Å². The summed E-state index contributed by atoms with van der Waals surface area (Å²) >= 11 is 1.50. The highest BCUT2D eigenvalue weighted by atomic mass is 32.2. The normalized spacial score (nSPS) is 13.4. The molecule has 3 rings (SSSR count). The molecular weight excluding hydrogens is 367 g/mol. The van der Waals surface area contributed by atoms with Gasteiger partial charge in [-0.25, -0.2) is 4.39 Å². The molecule has 140 valence electrons. The number of hydrogen-bond donors (Lipinski definition) is 1. The Balaban J connectivity index is 1.44. The second-order valence-corrected chi connectivity index (χ2v) is 7.22. The van der Waals surface area contributed by atoms with Crippen molar-refractivity contribution in [3.63, 3.8) is 0 Å². The van der Waals surface area contributed by atoms with E-state index in [0.29, 0.717) is 34.7 Å². The van der Waals surface area contributed by atoms with Gasteiger partial charge in [-0.1, -0.05) is 36.4 Å². The Hall–Kier alpha value is -2.67. The van der Waals surface area contributed by atoms with Gasteiger partial charge in [0.05, 0.1) is 6.42 Å². The van der Waals surface area contributed by atoms with Crippen LogP contribution in [0.2, 0.25) is 0 Å². The predicted octanol–water partition coefficient (Wildman–Crippen LogP) is 2.40. The highest BCUT2D eigenvalue weighted by Crippen LogP contribution is 2.19. The van der Waals surface area contributed by atoms with Crippen molar-refractivity contribution in [2.45, 2.75) is 12.2 Å². The number of halogens is 1. The summed E-state index contributed by atoms with van der Waals surface area (Å²) in [6, 6.07) is 13.5. The molecule has 5 nitrogen and oxygen atoms in total. The van der Waals surface area contributed by atoms with Crippen LogP contribution in [0.3, 0.4) is 0 Å². The van der Waals surface area contributed by atoms with Crippen LogP contribution in [-0.4, -0.2) is 41.5 Å². The summed E-state index contributed by atoms with van der Waals surface area (Å²) in [5.74, 6) is -0.319. The first-order valence-corrected chi connectivity index (χ1v) is 9.72. The summed E-state index contributed by atoms with van der Waals surface area (Å²) in [5, 5.41) is 2.70. The maximum absolute atomic E-state index is 13.5. The number of nitrogens with one attached hydrogen (secondary N) is 1. The van der Waals surface area contributed by atoms with Crippen molar-refractivity contribution in [1.82, 2.24) is 10.2 Å². The van der Waals surface area contributed by atoms with Crippen molar-refractivity contribution in [1.29, 1.82) is 0 Å². The van der Waals surface area contributed by atoms with Gasteiger partial charge in [0.1, 0.15) is 12.4 Å². The Bertz CT molecular complexity index is 872. The zero-order valence-corrected chi connectivity index (χ0v) is 15.4. The van der Waals surface area contributed by atoms with Crippen LogP contribution in [0.5, 0.6) is 0 Å². The van der Waals surface area contributed by atoms with Gasteiger partial charge in [0, 0.05) is 23.6 Å². The van der Waals surface area contributed by atoms with Gasteiger partial charge in [0.15, 0.2) is 0 Å². The molecule has 2 aromatic carbocycles. The number of nitrogens with zero attached hydrogens (tertiary/aromatic N) is 1. The summed E-state index contributed by atoms with van der Waals surface area (Å²) in [6.07, 6.45) is 0.119. The minimum Gasteiger partial charge on any atom is -0.354 e. The smallest absolute Gasteiger partial charge is 0.261 e. The average molecular weight is 386 g/mol. The Labute approximate surface area is 160 Å². The molecule has 0 unspecified atom stereocenters. The number of carbonyl (C=O) groups is 3. The van der Waals surface area contributed by atoms with Crippen LogP contribution < -0.4 is 5.32 Å². The Kier molecular flexibility index (Phi) is 6.24. The highest BCUT2D eigenvalue weighted by molar-refractivity contribution is 7.98. The fourth-order valence-corrected chi connectivity index (χ4v) is 3.66.